The van der Waals surface area contributed by atoms with Crippen molar-refractivity contribution in [1.82, 2.24) is 5.32 Å². The Hall–Kier alpha value is 0.270. The second kappa shape index (κ2) is 7.23. The van der Waals surface area contributed by atoms with Gasteiger partial charge in [0.1, 0.15) is 0 Å². The van der Waals surface area contributed by atoms with Crippen molar-refractivity contribution in [3.05, 3.63) is 0 Å². The average Bonchev–Trinajstić information content (AvgIpc) is 2.92. The van der Waals surface area contributed by atoms with E-state index in [4.69, 9.17) is 4.74 Å². The number of rotatable bonds is 4. The summed E-state index contributed by atoms with van der Waals surface area (Å²) in [7, 11) is 0. The molecule has 3 aliphatic rings. The van der Waals surface area contributed by atoms with Gasteiger partial charge < -0.3 is 10.1 Å². The molecule has 2 aliphatic heterocycles. The number of ether oxygens (including phenoxy) is 1. The summed E-state index contributed by atoms with van der Waals surface area (Å²) >= 11 is 2.10. The van der Waals surface area contributed by atoms with Crippen LogP contribution in [0.1, 0.15) is 58.8 Å². The fourth-order valence-corrected chi connectivity index (χ4v) is 6.37. The molecular formula is C18H33NOS. The molecule has 3 heteroatoms. The van der Waals surface area contributed by atoms with E-state index in [0.717, 1.165) is 36.9 Å². The number of hydrogen-bond acceptors (Lipinski definition) is 3. The highest BCUT2D eigenvalue weighted by Crippen LogP contribution is 2.44. The second-order valence-electron chi connectivity index (χ2n) is 7.70. The normalized spacial score (nSPS) is 42.3. The van der Waals surface area contributed by atoms with Gasteiger partial charge in [-0.2, -0.15) is 11.8 Å². The zero-order valence-corrected chi connectivity index (χ0v) is 14.7. The summed E-state index contributed by atoms with van der Waals surface area (Å²) < 4.78 is 6.24. The third-order valence-electron chi connectivity index (χ3n) is 6.03. The third kappa shape index (κ3) is 3.79. The minimum Gasteiger partial charge on any atom is -0.374 e. The van der Waals surface area contributed by atoms with Crippen molar-refractivity contribution >= 4 is 11.8 Å². The fraction of sp³-hybridized carbons (Fsp3) is 1.00. The van der Waals surface area contributed by atoms with Crippen LogP contribution < -0.4 is 5.32 Å². The summed E-state index contributed by atoms with van der Waals surface area (Å²) in [6.07, 6.45) is 9.64. The van der Waals surface area contributed by atoms with Gasteiger partial charge in [0.25, 0.3) is 0 Å². The Morgan fingerprint density at radius 2 is 2.19 bits per heavy atom. The highest BCUT2D eigenvalue weighted by Gasteiger charge is 2.44. The van der Waals surface area contributed by atoms with Crippen molar-refractivity contribution in [2.24, 2.45) is 17.8 Å². The largest absolute Gasteiger partial charge is 0.374 e. The first-order valence-corrected chi connectivity index (χ1v) is 10.3. The summed E-state index contributed by atoms with van der Waals surface area (Å²) in [5.74, 6) is 5.22. The van der Waals surface area contributed by atoms with E-state index >= 15 is 0 Å². The standard InChI is InChI=1S/C18H33NOS/c1-3-19-17(15-6-4-5-14(2)11-15)16-7-9-20-18(12-16)8-10-21-13-18/h14-17,19H,3-13H2,1-2H3. The van der Waals surface area contributed by atoms with Crippen LogP contribution in [0.15, 0.2) is 0 Å². The van der Waals surface area contributed by atoms with Crippen molar-refractivity contribution in [2.45, 2.75) is 70.4 Å². The Kier molecular flexibility index (Phi) is 5.55. The van der Waals surface area contributed by atoms with Gasteiger partial charge in [0.05, 0.1) is 5.60 Å². The molecular weight excluding hydrogens is 278 g/mol. The predicted molar refractivity (Wildman–Crippen MR) is 91.9 cm³/mol. The van der Waals surface area contributed by atoms with Gasteiger partial charge in [0.2, 0.25) is 0 Å². The molecule has 1 aliphatic carbocycles. The number of thioether (sulfide) groups is 1. The van der Waals surface area contributed by atoms with Crippen LogP contribution >= 0.6 is 11.8 Å². The summed E-state index contributed by atoms with van der Waals surface area (Å²) in [6.45, 7) is 6.85. The van der Waals surface area contributed by atoms with E-state index in [1.807, 2.05) is 0 Å². The molecule has 1 spiro atoms. The highest BCUT2D eigenvalue weighted by atomic mass is 32.2. The van der Waals surface area contributed by atoms with E-state index in [0.29, 0.717) is 0 Å². The molecule has 1 N–H and O–H groups in total. The maximum atomic E-state index is 6.24. The Labute approximate surface area is 135 Å². The van der Waals surface area contributed by atoms with E-state index in [9.17, 15) is 0 Å². The van der Waals surface area contributed by atoms with Gasteiger partial charge in [-0.1, -0.05) is 26.7 Å². The van der Waals surface area contributed by atoms with E-state index in [1.54, 1.807) is 0 Å². The monoisotopic (exact) mass is 311 g/mol. The van der Waals surface area contributed by atoms with Crippen LogP contribution in [0.4, 0.5) is 0 Å². The lowest BCUT2D eigenvalue weighted by atomic mass is 9.71. The fourth-order valence-electron chi connectivity index (χ4n) is 5.00. The Morgan fingerprint density at radius 1 is 1.29 bits per heavy atom. The van der Waals surface area contributed by atoms with Crippen molar-refractivity contribution in [2.75, 3.05) is 24.7 Å². The van der Waals surface area contributed by atoms with Crippen LogP contribution in [0, 0.1) is 17.8 Å². The Bertz CT molecular complexity index is 329. The van der Waals surface area contributed by atoms with Gasteiger partial charge in [0, 0.05) is 18.4 Å². The molecule has 2 saturated heterocycles. The van der Waals surface area contributed by atoms with Gasteiger partial charge in [-0.15, -0.1) is 0 Å². The molecule has 2 heterocycles. The predicted octanol–water partition coefficient (Wildman–Crippen LogP) is 4.09. The first-order valence-electron chi connectivity index (χ1n) is 9.17. The summed E-state index contributed by atoms with van der Waals surface area (Å²) in [5, 5.41) is 3.89. The van der Waals surface area contributed by atoms with Crippen LogP contribution in [0.3, 0.4) is 0 Å². The van der Waals surface area contributed by atoms with Crippen LogP contribution in [-0.4, -0.2) is 36.3 Å². The summed E-state index contributed by atoms with van der Waals surface area (Å²) in [5.41, 5.74) is 0.238. The van der Waals surface area contributed by atoms with Gasteiger partial charge in [-0.25, -0.2) is 0 Å². The lowest BCUT2D eigenvalue weighted by Gasteiger charge is -2.45. The smallest absolute Gasteiger partial charge is 0.0783 e. The third-order valence-corrected chi connectivity index (χ3v) is 7.25. The second-order valence-corrected chi connectivity index (χ2v) is 8.81. The zero-order valence-electron chi connectivity index (χ0n) is 13.9. The van der Waals surface area contributed by atoms with Crippen molar-refractivity contribution < 1.29 is 4.74 Å². The minimum atomic E-state index is 0.238. The molecule has 3 fully saturated rings. The molecule has 122 valence electrons. The molecule has 0 bridgehead atoms. The maximum absolute atomic E-state index is 6.24. The first-order chi connectivity index (χ1) is 10.2. The van der Waals surface area contributed by atoms with Gasteiger partial charge >= 0.3 is 0 Å². The van der Waals surface area contributed by atoms with Crippen LogP contribution in [0.25, 0.3) is 0 Å². The zero-order chi connectivity index (χ0) is 14.7. The molecule has 5 unspecified atom stereocenters. The Morgan fingerprint density at radius 3 is 2.90 bits per heavy atom. The van der Waals surface area contributed by atoms with Gasteiger partial charge in [-0.05, 0) is 62.2 Å². The molecule has 0 radical (unpaired) electrons. The topological polar surface area (TPSA) is 21.3 Å². The molecule has 21 heavy (non-hydrogen) atoms. The van der Waals surface area contributed by atoms with Crippen molar-refractivity contribution in [3.63, 3.8) is 0 Å². The minimum absolute atomic E-state index is 0.238. The number of nitrogens with one attached hydrogen (secondary N) is 1. The van der Waals surface area contributed by atoms with Crippen molar-refractivity contribution in [3.8, 4) is 0 Å². The molecule has 0 aromatic heterocycles. The van der Waals surface area contributed by atoms with Crippen LogP contribution in [-0.2, 0) is 4.74 Å². The maximum Gasteiger partial charge on any atom is 0.0783 e. The van der Waals surface area contributed by atoms with Crippen molar-refractivity contribution in [1.29, 1.82) is 0 Å². The molecule has 0 amide bonds. The van der Waals surface area contributed by atoms with E-state index in [1.165, 1.54) is 56.5 Å². The molecule has 0 aromatic rings. The molecule has 3 rings (SSSR count). The van der Waals surface area contributed by atoms with Gasteiger partial charge in [-0.3, -0.25) is 0 Å². The highest BCUT2D eigenvalue weighted by molar-refractivity contribution is 7.99. The van der Waals surface area contributed by atoms with Gasteiger partial charge in [0.15, 0.2) is 0 Å². The lowest BCUT2D eigenvalue weighted by Crippen LogP contribution is -2.50. The first kappa shape index (κ1) is 16.1. The molecule has 5 atom stereocenters. The summed E-state index contributed by atoms with van der Waals surface area (Å²) in [4.78, 5) is 0. The summed E-state index contributed by atoms with van der Waals surface area (Å²) in [6, 6.07) is 0.740. The SMILES string of the molecule is CCNC(C1CCCC(C)C1)C1CCOC2(CCSC2)C1. The molecule has 0 aromatic carbocycles. The van der Waals surface area contributed by atoms with E-state index < -0.39 is 0 Å². The molecule has 2 nitrogen and oxygen atoms in total. The lowest BCUT2D eigenvalue weighted by molar-refractivity contribution is -0.0896. The quantitative estimate of drug-likeness (QED) is 0.845. The van der Waals surface area contributed by atoms with Crippen LogP contribution in [0.5, 0.6) is 0 Å². The number of hydrogen-bond donors (Lipinski definition) is 1. The van der Waals surface area contributed by atoms with Crippen LogP contribution in [0.2, 0.25) is 0 Å². The van der Waals surface area contributed by atoms with E-state index in [2.05, 4.69) is 30.9 Å². The molecule has 1 saturated carbocycles. The Balaban J connectivity index is 1.67. The van der Waals surface area contributed by atoms with E-state index in [-0.39, 0.29) is 5.60 Å². The average molecular weight is 312 g/mol.